The van der Waals surface area contributed by atoms with Gasteiger partial charge in [0.2, 0.25) is 0 Å². The first-order valence-corrected chi connectivity index (χ1v) is 4.97. The molecule has 0 atom stereocenters. The zero-order valence-electron chi connectivity index (χ0n) is 8.87. The minimum absolute atomic E-state index is 0.242. The van der Waals surface area contributed by atoms with Gasteiger partial charge in [-0.25, -0.2) is 4.39 Å². The quantitative estimate of drug-likeness (QED) is 0.706. The van der Waals surface area contributed by atoms with Gasteiger partial charge in [-0.1, -0.05) is 24.3 Å². The van der Waals surface area contributed by atoms with Crippen LogP contribution in [-0.4, -0.2) is 0 Å². The van der Waals surface area contributed by atoms with Gasteiger partial charge in [-0.15, -0.1) is 0 Å². The molecule has 2 aromatic carbocycles. The highest BCUT2D eigenvalue weighted by Gasteiger charge is 2.01. The Labute approximate surface area is 93.8 Å². The minimum atomic E-state index is -0.242. The van der Waals surface area contributed by atoms with E-state index in [1.54, 1.807) is 18.2 Å². The van der Waals surface area contributed by atoms with Crippen molar-refractivity contribution in [1.82, 2.24) is 0 Å². The monoisotopic (exact) mass is 211 g/mol. The lowest BCUT2D eigenvalue weighted by Crippen LogP contribution is -1.84. The van der Waals surface area contributed by atoms with Gasteiger partial charge in [0, 0.05) is 0 Å². The molecule has 0 N–H and O–H groups in total. The van der Waals surface area contributed by atoms with Crippen LogP contribution in [0.3, 0.4) is 0 Å². The molecule has 0 aliphatic rings. The van der Waals surface area contributed by atoms with Crippen LogP contribution in [0, 0.1) is 24.1 Å². The van der Waals surface area contributed by atoms with Gasteiger partial charge in [0.1, 0.15) is 5.82 Å². The van der Waals surface area contributed by atoms with E-state index in [1.165, 1.54) is 12.1 Å². The number of rotatable bonds is 1. The first-order chi connectivity index (χ1) is 7.70. The highest BCUT2D eigenvalue weighted by atomic mass is 19.1. The predicted octanol–water partition coefficient (Wildman–Crippen LogP) is 3.67. The third kappa shape index (κ3) is 1.94. The minimum Gasteiger partial charge on any atom is -0.207 e. The first-order valence-electron chi connectivity index (χ1n) is 4.97. The maximum Gasteiger partial charge on any atom is 0.123 e. The molecule has 0 heterocycles. The van der Waals surface area contributed by atoms with Gasteiger partial charge in [-0.3, -0.25) is 0 Å². The molecular weight excluding hydrogens is 201 g/mol. The Kier molecular flexibility index (Phi) is 2.70. The molecule has 0 aliphatic carbocycles. The summed E-state index contributed by atoms with van der Waals surface area (Å²) < 4.78 is 12.8. The first kappa shape index (κ1) is 10.4. The Morgan fingerprint density at radius 2 is 1.62 bits per heavy atom. The molecule has 2 rings (SSSR count). The molecule has 16 heavy (non-hydrogen) atoms. The van der Waals surface area contributed by atoms with E-state index in [-0.39, 0.29) is 5.82 Å². The van der Waals surface area contributed by atoms with Crippen molar-refractivity contribution in [3.63, 3.8) is 0 Å². The van der Waals surface area contributed by atoms with Crippen molar-refractivity contribution in [3.8, 4) is 17.2 Å². The van der Waals surface area contributed by atoms with Gasteiger partial charge in [0.25, 0.3) is 0 Å². The Hall–Kier alpha value is -2.14. The van der Waals surface area contributed by atoms with Gasteiger partial charge < -0.3 is 0 Å². The lowest BCUT2D eigenvalue weighted by molar-refractivity contribution is 0.628. The summed E-state index contributed by atoms with van der Waals surface area (Å²) in [5.41, 5.74) is 3.56. The summed E-state index contributed by atoms with van der Waals surface area (Å²) in [5.74, 6) is -0.242. The van der Waals surface area contributed by atoms with Gasteiger partial charge in [-0.05, 0) is 41.8 Å². The van der Waals surface area contributed by atoms with E-state index in [2.05, 4.69) is 6.07 Å². The lowest BCUT2D eigenvalue weighted by Gasteiger charge is -2.04. The largest absolute Gasteiger partial charge is 0.207 e. The molecular formula is C14H10FN. The zero-order valence-corrected chi connectivity index (χ0v) is 8.87. The summed E-state index contributed by atoms with van der Waals surface area (Å²) in [6, 6.07) is 14.1. The molecule has 78 valence electrons. The summed E-state index contributed by atoms with van der Waals surface area (Å²) in [4.78, 5) is 0. The van der Waals surface area contributed by atoms with Crippen LogP contribution in [0.15, 0.2) is 42.5 Å². The number of benzene rings is 2. The molecule has 2 heteroatoms. The van der Waals surface area contributed by atoms with Crippen molar-refractivity contribution in [2.45, 2.75) is 6.92 Å². The topological polar surface area (TPSA) is 23.8 Å². The van der Waals surface area contributed by atoms with Gasteiger partial charge in [0.15, 0.2) is 0 Å². The van der Waals surface area contributed by atoms with Crippen LogP contribution in [0.5, 0.6) is 0 Å². The molecule has 0 fully saturated rings. The van der Waals surface area contributed by atoms with E-state index < -0.39 is 0 Å². The predicted molar refractivity (Wildman–Crippen MR) is 61.3 cm³/mol. The van der Waals surface area contributed by atoms with Crippen molar-refractivity contribution in [2.24, 2.45) is 0 Å². The smallest absolute Gasteiger partial charge is 0.123 e. The van der Waals surface area contributed by atoms with Crippen molar-refractivity contribution >= 4 is 0 Å². The Morgan fingerprint density at radius 1 is 1.00 bits per heavy atom. The SMILES string of the molecule is Cc1cc(-c2ccc(F)cc2)ccc1C#N. The van der Waals surface area contributed by atoms with E-state index in [0.29, 0.717) is 5.56 Å². The van der Waals surface area contributed by atoms with Crippen molar-refractivity contribution in [2.75, 3.05) is 0 Å². The molecule has 0 radical (unpaired) electrons. The maximum atomic E-state index is 12.8. The average molecular weight is 211 g/mol. The molecule has 0 aliphatic heterocycles. The van der Waals surface area contributed by atoms with Crippen LogP contribution >= 0.6 is 0 Å². The van der Waals surface area contributed by atoms with E-state index in [1.807, 2.05) is 19.1 Å². The molecule has 0 spiro atoms. The van der Waals surface area contributed by atoms with Crippen molar-refractivity contribution in [3.05, 3.63) is 59.4 Å². The number of halogens is 1. The third-order valence-electron chi connectivity index (χ3n) is 2.52. The third-order valence-corrected chi connectivity index (χ3v) is 2.52. The summed E-state index contributed by atoms with van der Waals surface area (Å²) in [6.07, 6.45) is 0. The van der Waals surface area contributed by atoms with Crippen LogP contribution < -0.4 is 0 Å². The highest BCUT2D eigenvalue weighted by Crippen LogP contribution is 2.22. The fourth-order valence-electron chi connectivity index (χ4n) is 1.61. The normalized spacial score (nSPS) is 9.81. The molecule has 0 saturated heterocycles. The molecule has 0 bridgehead atoms. The molecule has 0 aromatic heterocycles. The second-order valence-electron chi connectivity index (χ2n) is 3.65. The van der Waals surface area contributed by atoms with E-state index >= 15 is 0 Å². The van der Waals surface area contributed by atoms with Crippen LogP contribution in [0.4, 0.5) is 4.39 Å². The summed E-state index contributed by atoms with van der Waals surface area (Å²) >= 11 is 0. The maximum absolute atomic E-state index is 12.8. The number of hydrogen-bond acceptors (Lipinski definition) is 1. The molecule has 0 unspecified atom stereocenters. The molecule has 1 nitrogen and oxygen atoms in total. The Morgan fingerprint density at radius 3 is 2.19 bits per heavy atom. The number of hydrogen-bond donors (Lipinski definition) is 0. The zero-order chi connectivity index (χ0) is 11.5. The van der Waals surface area contributed by atoms with Crippen molar-refractivity contribution < 1.29 is 4.39 Å². The molecule has 0 saturated carbocycles. The summed E-state index contributed by atoms with van der Waals surface area (Å²) in [5, 5.41) is 8.82. The van der Waals surface area contributed by atoms with Crippen LogP contribution in [0.1, 0.15) is 11.1 Å². The van der Waals surface area contributed by atoms with E-state index in [0.717, 1.165) is 16.7 Å². The fraction of sp³-hybridized carbons (Fsp3) is 0.0714. The highest BCUT2D eigenvalue weighted by molar-refractivity contribution is 5.65. The van der Waals surface area contributed by atoms with Crippen LogP contribution in [0.2, 0.25) is 0 Å². The summed E-state index contributed by atoms with van der Waals surface area (Å²) in [7, 11) is 0. The fourth-order valence-corrected chi connectivity index (χ4v) is 1.61. The van der Waals surface area contributed by atoms with E-state index in [4.69, 9.17) is 5.26 Å². The number of aryl methyl sites for hydroxylation is 1. The second-order valence-corrected chi connectivity index (χ2v) is 3.65. The molecule has 0 amide bonds. The van der Waals surface area contributed by atoms with Gasteiger partial charge in [-0.2, -0.15) is 5.26 Å². The number of nitrogens with zero attached hydrogens (tertiary/aromatic N) is 1. The van der Waals surface area contributed by atoms with Gasteiger partial charge >= 0.3 is 0 Å². The molecule has 2 aromatic rings. The average Bonchev–Trinajstić information content (AvgIpc) is 2.30. The second kappa shape index (κ2) is 4.16. The van der Waals surface area contributed by atoms with Gasteiger partial charge in [0.05, 0.1) is 11.6 Å². The van der Waals surface area contributed by atoms with Crippen LogP contribution in [0.25, 0.3) is 11.1 Å². The lowest BCUT2D eigenvalue weighted by atomic mass is 10.0. The Balaban J connectivity index is 2.46. The number of nitriles is 1. The Bertz CT molecular complexity index is 550. The van der Waals surface area contributed by atoms with E-state index in [9.17, 15) is 4.39 Å². The standard InChI is InChI=1S/C14H10FN/c1-10-8-12(2-3-13(10)9-16)11-4-6-14(15)7-5-11/h2-8H,1H3. The van der Waals surface area contributed by atoms with Crippen molar-refractivity contribution in [1.29, 1.82) is 5.26 Å². The van der Waals surface area contributed by atoms with Crippen LogP contribution in [-0.2, 0) is 0 Å². The summed E-state index contributed by atoms with van der Waals surface area (Å²) in [6.45, 7) is 1.89.